The third-order valence-corrected chi connectivity index (χ3v) is 7.55. The number of nitrogens with one attached hydrogen (secondary N) is 2. The Kier molecular flexibility index (Phi) is 6.26. The second kappa shape index (κ2) is 9.77. The third-order valence-electron chi connectivity index (χ3n) is 7.55. The molecule has 39 heavy (non-hydrogen) atoms. The number of nitrogens with zero attached hydrogens (tertiary/aromatic N) is 5. The number of halogens is 1. The lowest BCUT2D eigenvalue weighted by Crippen LogP contribution is -2.35. The first-order valence-electron chi connectivity index (χ1n) is 13.0. The van der Waals surface area contributed by atoms with Crippen LogP contribution in [0.25, 0.3) is 16.9 Å². The second-order valence-corrected chi connectivity index (χ2v) is 10.5. The number of rotatable bonds is 6. The number of piperidine rings is 1. The van der Waals surface area contributed by atoms with E-state index in [2.05, 4.69) is 26.6 Å². The van der Waals surface area contributed by atoms with Gasteiger partial charge in [0, 0.05) is 50.9 Å². The Hall–Kier alpha value is -4.31. The summed E-state index contributed by atoms with van der Waals surface area (Å²) in [7, 11) is 5.84. The van der Waals surface area contributed by atoms with Crippen molar-refractivity contribution in [2.75, 3.05) is 33.0 Å². The van der Waals surface area contributed by atoms with Crippen LogP contribution in [0.4, 0.5) is 15.9 Å². The van der Waals surface area contributed by atoms with Crippen LogP contribution in [0.1, 0.15) is 45.9 Å². The summed E-state index contributed by atoms with van der Waals surface area (Å²) in [4.78, 5) is 38.5. The molecule has 1 atom stereocenters. The van der Waals surface area contributed by atoms with Crippen molar-refractivity contribution < 1.29 is 14.0 Å². The van der Waals surface area contributed by atoms with Crippen molar-refractivity contribution in [1.82, 2.24) is 29.5 Å². The predicted octanol–water partition coefficient (Wildman–Crippen LogP) is 3.92. The van der Waals surface area contributed by atoms with Crippen molar-refractivity contribution in [2.45, 2.75) is 31.8 Å². The molecule has 5 heterocycles. The fourth-order valence-electron chi connectivity index (χ4n) is 5.57. The summed E-state index contributed by atoms with van der Waals surface area (Å²) in [6, 6.07) is 10.6. The minimum absolute atomic E-state index is 0.137. The van der Waals surface area contributed by atoms with E-state index in [1.807, 2.05) is 43.7 Å². The van der Waals surface area contributed by atoms with Crippen molar-refractivity contribution in [1.29, 1.82) is 0 Å². The van der Waals surface area contributed by atoms with Gasteiger partial charge in [-0.05, 0) is 55.8 Å². The molecule has 0 spiro atoms. The first-order valence-corrected chi connectivity index (χ1v) is 13.0. The number of carbonyl (C=O) groups excluding carboxylic acids is 2. The molecule has 3 aromatic heterocycles. The third kappa shape index (κ3) is 4.61. The van der Waals surface area contributed by atoms with Crippen molar-refractivity contribution in [3.63, 3.8) is 0 Å². The normalized spacial score (nSPS) is 17.2. The minimum atomic E-state index is -0.351. The summed E-state index contributed by atoms with van der Waals surface area (Å²) in [6.45, 7) is 1.76. The van der Waals surface area contributed by atoms with Crippen LogP contribution >= 0.6 is 0 Å². The van der Waals surface area contributed by atoms with Crippen LogP contribution in [0.3, 0.4) is 0 Å². The molecule has 0 saturated carbocycles. The molecule has 1 unspecified atom stereocenters. The number of aromatic nitrogens is 3. The molecule has 2 N–H and O–H groups in total. The van der Waals surface area contributed by atoms with Gasteiger partial charge in [0.15, 0.2) is 0 Å². The van der Waals surface area contributed by atoms with Gasteiger partial charge in [-0.3, -0.25) is 14.0 Å². The number of imidazole rings is 1. The zero-order valence-electron chi connectivity index (χ0n) is 22.2. The van der Waals surface area contributed by atoms with E-state index in [-0.39, 0.29) is 23.5 Å². The average Bonchev–Trinajstić information content (AvgIpc) is 3.49. The highest BCUT2D eigenvalue weighted by Gasteiger charge is 2.29. The molecule has 1 saturated heterocycles. The lowest BCUT2D eigenvalue weighted by molar-refractivity contribution is -0.132. The zero-order chi connectivity index (χ0) is 27.3. The maximum atomic E-state index is 13.7. The maximum absolute atomic E-state index is 13.7. The van der Waals surface area contributed by atoms with Crippen LogP contribution in [0.5, 0.6) is 0 Å². The van der Waals surface area contributed by atoms with Crippen molar-refractivity contribution in [3.05, 3.63) is 77.0 Å². The molecule has 1 aromatic carbocycles. The van der Waals surface area contributed by atoms with E-state index in [1.54, 1.807) is 17.3 Å². The molecule has 2 aliphatic rings. The van der Waals surface area contributed by atoms with Crippen LogP contribution < -0.4 is 10.6 Å². The van der Waals surface area contributed by atoms with Gasteiger partial charge in [0.2, 0.25) is 5.91 Å². The summed E-state index contributed by atoms with van der Waals surface area (Å²) in [5.74, 6) is 0.412. The molecule has 9 nitrogen and oxygen atoms in total. The quantitative estimate of drug-likeness (QED) is 0.395. The van der Waals surface area contributed by atoms with Gasteiger partial charge in [0.1, 0.15) is 17.3 Å². The smallest absolute Gasteiger partial charge is 0.254 e. The standard InChI is InChI=1S/C29H30FN7O2/c1-35(2)16-23-19(17-8-10-36(3)27(38)12-17)5-7-25(34-23)33-22-6-4-20(21-14-32-29(39)28(21)22)24-15-31-26-13-18(30)9-11-37(24)26/h4-7,9,11,13,15,17H,8,10,12,14,16H2,1-3H3,(H,32,39)(H,33,34). The Bertz CT molecular complexity index is 1610. The van der Waals surface area contributed by atoms with Gasteiger partial charge in [-0.2, -0.15) is 0 Å². The molecule has 0 aliphatic carbocycles. The molecular weight excluding hydrogens is 497 g/mol. The number of hydrogen-bond acceptors (Lipinski definition) is 6. The molecular formula is C29H30FN7O2. The average molecular weight is 528 g/mol. The lowest BCUT2D eigenvalue weighted by atomic mass is 9.88. The van der Waals surface area contributed by atoms with Gasteiger partial charge in [-0.1, -0.05) is 12.1 Å². The Morgan fingerprint density at radius 1 is 1.18 bits per heavy atom. The molecule has 0 radical (unpaired) electrons. The molecule has 200 valence electrons. The first-order chi connectivity index (χ1) is 18.8. The largest absolute Gasteiger partial charge is 0.348 e. The number of hydrogen-bond donors (Lipinski definition) is 2. The highest BCUT2D eigenvalue weighted by Crippen LogP contribution is 2.36. The second-order valence-electron chi connectivity index (χ2n) is 10.5. The SMILES string of the molecule is CN(C)Cc1nc(Nc2ccc(-c3cnc4cc(F)ccn34)c3c2C(=O)NC3)ccc1C1CCN(C)C(=O)C1. The number of pyridine rings is 2. The molecule has 6 rings (SSSR count). The van der Waals surface area contributed by atoms with Crippen molar-refractivity contribution in [3.8, 4) is 11.3 Å². The monoisotopic (exact) mass is 527 g/mol. The Labute approximate surface area is 225 Å². The van der Waals surface area contributed by atoms with Gasteiger partial charge in [-0.25, -0.2) is 14.4 Å². The molecule has 4 aromatic rings. The van der Waals surface area contributed by atoms with Gasteiger partial charge in [0.25, 0.3) is 5.91 Å². The van der Waals surface area contributed by atoms with Crippen LogP contribution in [0.2, 0.25) is 0 Å². The van der Waals surface area contributed by atoms with E-state index >= 15 is 0 Å². The molecule has 1 fully saturated rings. The van der Waals surface area contributed by atoms with E-state index < -0.39 is 0 Å². The van der Waals surface area contributed by atoms with Crippen LogP contribution in [-0.2, 0) is 17.9 Å². The van der Waals surface area contributed by atoms with Crippen LogP contribution in [-0.4, -0.2) is 63.7 Å². The van der Waals surface area contributed by atoms with Gasteiger partial charge in [-0.15, -0.1) is 0 Å². The fraction of sp³-hybridized carbons (Fsp3) is 0.310. The molecule has 0 bridgehead atoms. The topological polar surface area (TPSA) is 94.9 Å². The Morgan fingerprint density at radius 2 is 2.03 bits per heavy atom. The van der Waals surface area contributed by atoms with E-state index in [0.29, 0.717) is 42.2 Å². The number of likely N-dealkylation sites (tertiary alicyclic amines) is 1. The van der Waals surface area contributed by atoms with Crippen LogP contribution in [0.15, 0.2) is 48.8 Å². The van der Waals surface area contributed by atoms with E-state index in [0.717, 1.165) is 41.0 Å². The van der Waals surface area contributed by atoms with Crippen molar-refractivity contribution >= 4 is 29.0 Å². The lowest BCUT2D eigenvalue weighted by Gasteiger charge is -2.30. The van der Waals surface area contributed by atoms with E-state index in [9.17, 15) is 14.0 Å². The number of fused-ring (bicyclic) bond motifs is 2. The van der Waals surface area contributed by atoms with Crippen molar-refractivity contribution in [2.24, 2.45) is 0 Å². The number of amides is 2. The van der Waals surface area contributed by atoms with E-state index in [1.165, 1.54) is 12.1 Å². The van der Waals surface area contributed by atoms with Gasteiger partial charge in [0.05, 0.1) is 28.8 Å². The van der Waals surface area contributed by atoms with Crippen LogP contribution in [0, 0.1) is 5.82 Å². The summed E-state index contributed by atoms with van der Waals surface area (Å²) in [5, 5.41) is 6.31. The van der Waals surface area contributed by atoms with Gasteiger partial charge >= 0.3 is 0 Å². The fourth-order valence-corrected chi connectivity index (χ4v) is 5.57. The number of carbonyl (C=O) groups is 2. The summed E-state index contributed by atoms with van der Waals surface area (Å²) in [6.07, 6.45) is 4.73. The summed E-state index contributed by atoms with van der Waals surface area (Å²) >= 11 is 0. The zero-order valence-corrected chi connectivity index (χ0v) is 22.2. The molecule has 10 heteroatoms. The summed E-state index contributed by atoms with van der Waals surface area (Å²) < 4.78 is 15.5. The number of benzene rings is 1. The minimum Gasteiger partial charge on any atom is -0.348 e. The number of anilines is 2. The van der Waals surface area contributed by atoms with Gasteiger partial charge < -0.3 is 20.4 Å². The van der Waals surface area contributed by atoms with E-state index in [4.69, 9.17) is 4.98 Å². The maximum Gasteiger partial charge on any atom is 0.254 e. The summed E-state index contributed by atoms with van der Waals surface area (Å²) in [5.41, 5.74) is 6.23. The highest BCUT2D eigenvalue weighted by atomic mass is 19.1. The molecule has 2 amide bonds. The predicted molar refractivity (Wildman–Crippen MR) is 146 cm³/mol. The highest BCUT2D eigenvalue weighted by molar-refractivity contribution is 6.06. The Morgan fingerprint density at radius 3 is 2.82 bits per heavy atom. The Balaban J connectivity index is 1.35. The molecule has 2 aliphatic heterocycles. The first kappa shape index (κ1) is 25.0.